The molecule has 24 heavy (non-hydrogen) atoms. The molecule has 1 fully saturated rings. The molecule has 1 aliphatic carbocycles. The molecule has 6 heteroatoms. The number of carbonyl (C=O) groups excluding carboxylic acids is 1. The number of hydrogen-bond acceptors (Lipinski definition) is 3. The van der Waals surface area contributed by atoms with E-state index in [0.717, 1.165) is 24.2 Å². The Morgan fingerprint density at radius 1 is 1.33 bits per heavy atom. The zero-order chi connectivity index (χ0) is 17.3. The van der Waals surface area contributed by atoms with Crippen molar-refractivity contribution in [3.05, 3.63) is 47.8 Å². The Labute approximate surface area is 140 Å². The van der Waals surface area contributed by atoms with Gasteiger partial charge in [-0.2, -0.15) is 5.10 Å². The molecule has 6 nitrogen and oxygen atoms in total. The van der Waals surface area contributed by atoms with E-state index in [-0.39, 0.29) is 12.5 Å². The van der Waals surface area contributed by atoms with E-state index in [2.05, 4.69) is 5.10 Å². The van der Waals surface area contributed by atoms with Gasteiger partial charge in [-0.3, -0.25) is 9.59 Å². The molecule has 0 saturated heterocycles. The quantitative estimate of drug-likeness (QED) is 0.884. The minimum Gasteiger partial charge on any atom is -0.481 e. The van der Waals surface area contributed by atoms with E-state index < -0.39 is 11.9 Å². The van der Waals surface area contributed by atoms with E-state index in [4.69, 9.17) is 5.11 Å². The van der Waals surface area contributed by atoms with Crippen LogP contribution in [0.5, 0.6) is 0 Å². The van der Waals surface area contributed by atoms with E-state index in [1.807, 2.05) is 35.0 Å². The van der Waals surface area contributed by atoms with Gasteiger partial charge in [0.15, 0.2) is 0 Å². The summed E-state index contributed by atoms with van der Waals surface area (Å²) in [6.07, 6.45) is 3.70. The smallest absolute Gasteiger partial charge is 0.308 e. The van der Waals surface area contributed by atoms with Crippen LogP contribution in [0.15, 0.2) is 36.5 Å². The summed E-state index contributed by atoms with van der Waals surface area (Å²) in [6.45, 7) is 1.77. The minimum absolute atomic E-state index is 0.174. The Morgan fingerprint density at radius 2 is 2.00 bits per heavy atom. The lowest BCUT2D eigenvalue weighted by Crippen LogP contribution is -2.34. The Bertz CT molecular complexity index is 750. The lowest BCUT2D eigenvalue weighted by molar-refractivity contribution is -0.141. The van der Waals surface area contributed by atoms with Crippen molar-refractivity contribution >= 4 is 11.9 Å². The normalized spacial score (nSPS) is 15.1. The summed E-state index contributed by atoms with van der Waals surface area (Å²) in [5.41, 5.74) is 2.43. The number of nitrogens with zero attached hydrogens (tertiary/aromatic N) is 3. The number of para-hydroxylation sites is 1. The standard InChI is InChI=1S/C18H21N3O3/c1-12(18(23)24)11-20(2)17(22)15-10-19-21(16(15)13-8-9-13)14-6-4-3-5-7-14/h3-7,10,12-13H,8-9,11H2,1-2H3,(H,23,24). The number of benzene rings is 1. The molecular weight excluding hydrogens is 306 g/mol. The molecular formula is C18H21N3O3. The fourth-order valence-corrected chi connectivity index (χ4v) is 2.82. The maximum Gasteiger partial charge on any atom is 0.308 e. The highest BCUT2D eigenvalue weighted by Crippen LogP contribution is 2.42. The van der Waals surface area contributed by atoms with E-state index in [0.29, 0.717) is 11.5 Å². The lowest BCUT2D eigenvalue weighted by atomic mass is 10.1. The van der Waals surface area contributed by atoms with Crippen LogP contribution in [-0.2, 0) is 4.79 Å². The van der Waals surface area contributed by atoms with Gasteiger partial charge in [-0.15, -0.1) is 0 Å². The molecule has 1 amide bonds. The molecule has 2 aromatic rings. The number of aromatic nitrogens is 2. The highest BCUT2D eigenvalue weighted by molar-refractivity contribution is 5.95. The molecule has 0 spiro atoms. The Balaban J connectivity index is 1.90. The van der Waals surface area contributed by atoms with Crippen molar-refractivity contribution in [1.29, 1.82) is 0 Å². The number of aliphatic carboxylic acids is 1. The number of carboxylic acid groups (broad SMARTS) is 1. The molecule has 0 aliphatic heterocycles. The highest BCUT2D eigenvalue weighted by atomic mass is 16.4. The molecule has 1 N–H and O–H groups in total. The molecule has 1 heterocycles. The zero-order valence-electron chi connectivity index (χ0n) is 13.8. The summed E-state index contributed by atoms with van der Waals surface area (Å²) in [7, 11) is 1.64. The first kappa shape index (κ1) is 16.2. The molecule has 1 aromatic heterocycles. The van der Waals surface area contributed by atoms with Crippen molar-refractivity contribution in [1.82, 2.24) is 14.7 Å². The Hall–Kier alpha value is -2.63. The summed E-state index contributed by atoms with van der Waals surface area (Å²) >= 11 is 0. The van der Waals surface area contributed by atoms with Crippen LogP contribution < -0.4 is 0 Å². The first-order valence-electron chi connectivity index (χ1n) is 8.10. The largest absolute Gasteiger partial charge is 0.481 e. The SMILES string of the molecule is CC(CN(C)C(=O)c1cnn(-c2ccccc2)c1C1CC1)C(=O)O. The molecule has 126 valence electrons. The van der Waals surface area contributed by atoms with E-state index in [1.54, 1.807) is 20.2 Å². The second kappa shape index (κ2) is 6.47. The van der Waals surface area contributed by atoms with Gasteiger partial charge in [-0.05, 0) is 25.0 Å². The van der Waals surface area contributed by atoms with Gasteiger partial charge in [0.2, 0.25) is 0 Å². The molecule has 0 radical (unpaired) electrons. The van der Waals surface area contributed by atoms with E-state index in [9.17, 15) is 9.59 Å². The molecule has 0 bridgehead atoms. The number of hydrogen-bond donors (Lipinski definition) is 1. The fourth-order valence-electron chi connectivity index (χ4n) is 2.82. The van der Waals surface area contributed by atoms with Crippen LogP contribution in [-0.4, -0.2) is 45.3 Å². The van der Waals surface area contributed by atoms with Crippen LogP contribution in [0.2, 0.25) is 0 Å². The molecule has 3 rings (SSSR count). The van der Waals surface area contributed by atoms with Crippen LogP contribution in [0, 0.1) is 5.92 Å². The average molecular weight is 327 g/mol. The van der Waals surface area contributed by atoms with Gasteiger partial charge in [-0.1, -0.05) is 25.1 Å². The second-order valence-corrected chi connectivity index (χ2v) is 6.39. The second-order valence-electron chi connectivity index (χ2n) is 6.39. The zero-order valence-corrected chi connectivity index (χ0v) is 13.8. The third-order valence-electron chi connectivity index (χ3n) is 4.32. The third-order valence-corrected chi connectivity index (χ3v) is 4.32. The maximum absolute atomic E-state index is 12.8. The van der Waals surface area contributed by atoms with Crippen molar-refractivity contribution in [3.8, 4) is 5.69 Å². The molecule has 1 saturated carbocycles. The van der Waals surface area contributed by atoms with Gasteiger partial charge in [-0.25, -0.2) is 4.68 Å². The molecule has 1 aliphatic rings. The van der Waals surface area contributed by atoms with Crippen LogP contribution in [0.4, 0.5) is 0 Å². The lowest BCUT2D eigenvalue weighted by Gasteiger charge is -2.19. The summed E-state index contributed by atoms with van der Waals surface area (Å²) in [4.78, 5) is 25.3. The van der Waals surface area contributed by atoms with Gasteiger partial charge >= 0.3 is 5.97 Å². The van der Waals surface area contributed by atoms with Crippen molar-refractivity contribution in [2.24, 2.45) is 5.92 Å². The molecule has 1 atom stereocenters. The van der Waals surface area contributed by atoms with Gasteiger partial charge < -0.3 is 10.0 Å². The highest BCUT2D eigenvalue weighted by Gasteiger charge is 2.34. The summed E-state index contributed by atoms with van der Waals surface area (Å²) in [5, 5.41) is 13.5. The first-order valence-corrected chi connectivity index (χ1v) is 8.10. The van der Waals surface area contributed by atoms with Crippen molar-refractivity contribution in [2.75, 3.05) is 13.6 Å². The predicted molar refractivity (Wildman–Crippen MR) is 89.3 cm³/mol. The number of amides is 1. The molecule has 1 aromatic carbocycles. The van der Waals surface area contributed by atoms with E-state index in [1.165, 1.54) is 4.90 Å². The maximum atomic E-state index is 12.8. The van der Waals surface area contributed by atoms with Crippen LogP contribution >= 0.6 is 0 Å². The van der Waals surface area contributed by atoms with Gasteiger partial charge in [0.05, 0.1) is 29.1 Å². The van der Waals surface area contributed by atoms with Gasteiger partial charge in [0.1, 0.15) is 0 Å². The Morgan fingerprint density at radius 3 is 2.58 bits per heavy atom. The third kappa shape index (κ3) is 3.18. The van der Waals surface area contributed by atoms with Crippen molar-refractivity contribution < 1.29 is 14.7 Å². The van der Waals surface area contributed by atoms with Gasteiger partial charge in [0, 0.05) is 19.5 Å². The predicted octanol–water partition coefficient (Wildman–Crippen LogP) is 2.54. The van der Waals surface area contributed by atoms with Crippen LogP contribution in [0.1, 0.15) is 41.7 Å². The fraction of sp³-hybridized carbons (Fsp3) is 0.389. The summed E-state index contributed by atoms with van der Waals surface area (Å²) < 4.78 is 1.83. The Kier molecular flexibility index (Phi) is 4.38. The summed E-state index contributed by atoms with van der Waals surface area (Å²) in [5.74, 6) is -1.34. The van der Waals surface area contributed by atoms with E-state index >= 15 is 0 Å². The minimum atomic E-state index is -0.906. The van der Waals surface area contributed by atoms with Gasteiger partial charge in [0.25, 0.3) is 5.91 Å². The topological polar surface area (TPSA) is 75.4 Å². The van der Waals surface area contributed by atoms with Crippen LogP contribution in [0.25, 0.3) is 5.69 Å². The van der Waals surface area contributed by atoms with Crippen LogP contribution in [0.3, 0.4) is 0 Å². The molecule has 1 unspecified atom stereocenters. The number of carbonyl (C=O) groups is 2. The first-order chi connectivity index (χ1) is 11.5. The number of rotatable bonds is 6. The van der Waals surface area contributed by atoms with Crippen molar-refractivity contribution in [2.45, 2.75) is 25.7 Å². The van der Waals surface area contributed by atoms with Crippen molar-refractivity contribution in [3.63, 3.8) is 0 Å². The average Bonchev–Trinajstić information content (AvgIpc) is 3.32. The summed E-state index contributed by atoms with van der Waals surface area (Å²) in [6, 6.07) is 9.75. The number of carboxylic acids is 1. The monoisotopic (exact) mass is 327 g/mol.